The highest BCUT2D eigenvalue weighted by Crippen LogP contribution is 2.35. The van der Waals surface area contributed by atoms with Crippen molar-refractivity contribution in [2.24, 2.45) is 4.99 Å². The van der Waals surface area contributed by atoms with E-state index in [1.807, 2.05) is 48.5 Å². The third-order valence-electron chi connectivity index (χ3n) is 3.73. The molecule has 0 saturated carbocycles. The van der Waals surface area contributed by atoms with E-state index in [1.165, 1.54) is 4.90 Å². The number of likely N-dealkylation sites (N-methyl/N-ethyl adjacent to an activating group) is 1. The zero-order chi connectivity index (χ0) is 20.8. The Labute approximate surface area is 161 Å². The summed E-state index contributed by atoms with van der Waals surface area (Å²) in [6.45, 7) is 14.1. The molecule has 0 fully saturated rings. The van der Waals surface area contributed by atoms with E-state index < -0.39 is 11.7 Å². The Morgan fingerprint density at radius 3 is 2.37 bits per heavy atom. The Hall–Kier alpha value is -2.40. The number of aromatic nitrogens is 1. The monoisotopic (exact) mass is 377 g/mol. The fourth-order valence-corrected chi connectivity index (χ4v) is 2.36. The van der Waals surface area contributed by atoms with Gasteiger partial charge >= 0.3 is 6.09 Å². The lowest BCUT2D eigenvalue weighted by molar-refractivity contribution is 0.0277. The molecule has 0 atom stereocenters. The van der Waals surface area contributed by atoms with E-state index in [0.717, 1.165) is 5.56 Å². The van der Waals surface area contributed by atoms with Crippen molar-refractivity contribution in [3.8, 4) is 5.88 Å². The molecule has 7 nitrogen and oxygen atoms in total. The largest absolute Gasteiger partial charge is 0.476 e. The number of amides is 1. The Kier molecular flexibility index (Phi) is 7.98. The molecule has 7 heteroatoms. The van der Waals surface area contributed by atoms with Crippen LogP contribution in [0.25, 0.3) is 0 Å². The lowest BCUT2D eigenvalue weighted by Crippen LogP contribution is -2.36. The predicted octanol–water partition coefficient (Wildman–Crippen LogP) is 4.54. The highest BCUT2D eigenvalue weighted by atomic mass is 16.6. The number of ether oxygens (including phenoxy) is 2. The molecule has 150 valence electrons. The summed E-state index contributed by atoms with van der Waals surface area (Å²) in [6, 6.07) is 1.79. The lowest BCUT2D eigenvalue weighted by Gasteiger charge is -2.24. The number of carbonyl (C=O) groups excluding carboxylic acids is 2. The molecule has 1 rings (SSSR count). The van der Waals surface area contributed by atoms with E-state index in [0.29, 0.717) is 23.8 Å². The number of carbonyl (C=O) groups is 1. The first kappa shape index (κ1) is 22.6. The standard InChI is InChI=1S/C20H31N3O4/c1-13(2)15-11-16(22-17(14(3)4)18(15)21-12-24)26-10-9-23(8)19(25)27-20(5,6)7/h11,13-14H,9-10H2,1-8H3. The van der Waals surface area contributed by atoms with Crippen LogP contribution >= 0.6 is 0 Å². The number of pyridine rings is 1. The number of nitrogens with zero attached hydrogens (tertiary/aromatic N) is 3. The van der Waals surface area contributed by atoms with Gasteiger partial charge in [0, 0.05) is 13.1 Å². The van der Waals surface area contributed by atoms with Crippen LogP contribution in [-0.4, -0.2) is 47.9 Å². The fraction of sp³-hybridized carbons (Fsp3) is 0.650. The molecule has 0 aromatic carbocycles. The maximum absolute atomic E-state index is 12.0. The van der Waals surface area contributed by atoms with E-state index in [-0.39, 0.29) is 18.4 Å². The molecule has 0 N–H and O–H groups in total. The highest BCUT2D eigenvalue weighted by molar-refractivity contribution is 5.67. The van der Waals surface area contributed by atoms with Crippen LogP contribution in [0.1, 0.15) is 71.6 Å². The van der Waals surface area contributed by atoms with Gasteiger partial charge in [0.25, 0.3) is 0 Å². The molecule has 0 saturated heterocycles. The molecule has 0 radical (unpaired) electrons. The highest BCUT2D eigenvalue weighted by Gasteiger charge is 2.20. The van der Waals surface area contributed by atoms with Gasteiger partial charge < -0.3 is 14.4 Å². The first-order chi connectivity index (χ1) is 12.5. The van der Waals surface area contributed by atoms with Crippen molar-refractivity contribution in [2.45, 2.75) is 65.9 Å². The topological polar surface area (TPSA) is 81.1 Å². The van der Waals surface area contributed by atoms with Gasteiger partial charge in [-0.1, -0.05) is 27.7 Å². The van der Waals surface area contributed by atoms with Crippen LogP contribution in [-0.2, 0) is 9.53 Å². The lowest BCUT2D eigenvalue weighted by atomic mass is 9.97. The Morgan fingerprint density at radius 1 is 1.26 bits per heavy atom. The van der Waals surface area contributed by atoms with Crippen LogP contribution < -0.4 is 4.74 Å². The van der Waals surface area contributed by atoms with E-state index in [4.69, 9.17) is 9.47 Å². The summed E-state index contributed by atoms with van der Waals surface area (Å²) in [5, 5.41) is 0. The number of hydrogen-bond donors (Lipinski definition) is 0. The van der Waals surface area contributed by atoms with Gasteiger partial charge in [-0.2, -0.15) is 4.99 Å². The van der Waals surface area contributed by atoms with E-state index in [9.17, 15) is 9.59 Å². The number of aliphatic imine (C=N–C) groups is 1. The van der Waals surface area contributed by atoms with Crippen molar-refractivity contribution in [3.05, 3.63) is 17.3 Å². The summed E-state index contributed by atoms with van der Waals surface area (Å²) in [5.74, 6) is 0.664. The van der Waals surface area contributed by atoms with Gasteiger partial charge in [-0.15, -0.1) is 0 Å². The summed E-state index contributed by atoms with van der Waals surface area (Å²) in [7, 11) is 1.66. The molecule has 1 heterocycles. The summed E-state index contributed by atoms with van der Waals surface area (Å²) < 4.78 is 11.1. The van der Waals surface area contributed by atoms with Crippen LogP contribution in [0.5, 0.6) is 5.88 Å². The number of rotatable bonds is 7. The summed E-state index contributed by atoms with van der Waals surface area (Å²) >= 11 is 0. The quantitative estimate of drug-likeness (QED) is 0.515. The maximum Gasteiger partial charge on any atom is 0.410 e. The van der Waals surface area contributed by atoms with Crippen molar-refractivity contribution in [2.75, 3.05) is 20.2 Å². The van der Waals surface area contributed by atoms with Gasteiger partial charge in [-0.3, -0.25) is 0 Å². The predicted molar refractivity (Wildman–Crippen MR) is 105 cm³/mol. The van der Waals surface area contributed by atoms with Gasteiger partial charge in [0.05, 0.1) is 12.2 Å². The molecule has 1 amide bonds. The summed E-state index contributed by atoms with van der Waals surface area (Å²) in [6.07, 6.45) is 1.22. The molecule has 1 aromatic rings. The van der Waals surface area contributed by atoms with Crippen LogP contribution in [0.4, 0.5) is 10.5 Å². The Morgan fingerprint density at radius 2 is 1.89 bits per heavy atom. The minimum atomic E-state index is -0.541. The molecule has 1 aromatic heterocycles. The molecule has 0 spiro atoms. The van der Waals surface area contributed by atoms with E-state index in [1.54, 1.807) is 19.2 Å². The Balaban J connectivity index is 2.92. The van der Waals surface area contributed by atoms with Gasteiger partial charge in [0.1, 0.15) is 17.9 Å². The number of hydrogen-bond acceptors (Lipinski definition) is 6. The molecule has 27 heavy (non-hydrogen) atoms. The first-order valence-electron chi connectivity index (χ1n) is 9.15. The van der Waals surface area contributed by atoms with Crippen molar-refractivity contribution in [1.29, 1.82) is 0 Å². The first-order valence-corrected chi connectivity index (χ1v) is 9.15. The molecule has 0 aliphatic heterocycles. The Bertz CT molecular complexity index is 673. The van der Waals surface area contributed by atoms with Gasteiger partial charge in [0.2, 0.25) is 12.0 Å². The van der Waals surface area contributed by atoms with Crippen molar-refractivity contribution in [3.63, 3.8) is 0 Å². The second-order valence-corrected chi connectivity index (χ2v) is 8.05. The molecule has 0 bridgehead atoms. The third kappa shape index (κ3) is 7.02. The van der Waals surface area contributed by atoms with Crippen LogP contribution in [0, 0.1) is 0 Å². The van der Waals surface area contributed by atoms with Gasteiger partial charge in [-0.05, 0) is 38.2 Å². The normalized spacial score (nSPS) is 11.3. The minimum Gasteiger partial charge on any atom is -0.476 e. The number of isocyanates is 1. The third-order valence-corrected chi connectivity index (χ3v) is 3.73. The molecule has 0 aliphatic carbocycles. The molecular formula is C20H31N3O4. The van der Waals surface area contributed by atoms with Crippen LogP contribution in [0.2, 0.25) is 0 Å². The second-order valence-electron chi connectivity index (χ2n) is 8.05. The van der Waals surface area contributed by atoms with Crippen LogP contribution in [0.3, 0.4) is 0 Å². The van der Waals surface area contributed by atoms with Crippen molar-refractivity contribution in [1.82, 2.24) is 9.88 Å². The molecular weight excluding hydrogens is 346 g/mol. The van der Waals surface area contributed by atoms with Crippen molar-refractivity contribution < 1.29 is 19.1 Å². The maximum atomic E-state index is 12.0. The molecule has 0 aliphatic rings. The average Bonchev–Trinajstić information content (AvgIpc) is 2.53. The summed E-state index contributed by atoms with van der Waals surface area (Å²) in [5.41, 5.74) is 1.60. The SMILES string of the molecule is CC(C)c1cc(OCCN(C)C(=O)OC(C)(C)C)nc(C(C)C)c1N=C=O. The molecule has 0 unspecified atom stereocenters. The smallest absolute Gasteiger partial charge is 0.410 e. The van der Waals surface area contributed by atoms with Gasteiger partial charge in [0.15, 0.2) is 0 Å². The fourth-order valence-electron chi connectivity index (χ4n) is 2.36. The minimum absolute atomic E-state index is 0.0718. The van der Waals surface area contributed by atoms with Crippen molar-refractivity contribution >= 4 is 17.9 Å². The summed E-state index contributed by atoms with van der Waals surface area (Å²) in [4.78, 5) is 32.6. The second kappa shape index (κ2) is 9.51. The van der Waals surface area contributed by atoms with Crippen LogP contribution in [0.15, 0.2) is 11.1 Å². The average molecular weight is 377 g/mol. The van der Waals surface area contributed by atoms with Gasteiger partial charge in [-0.25, -0.2) is 14.6 Å². The zero-order valence-electron chi connectivity index (χ0n) is 17.6. The zero-order valence-corrected chi connectivity index (χ0v) is 17.6. The van der Waals surface area contributed by atoms with E-state index in [2.05, 4.69) is 9.98 Å². The van der Waals surface area contributed by atoms with E-state index >= 15 is 0 Å².